The van der Waals surface area contributed by atoms with Gasteiger partial charge in [-0.15, -0.1) is 0 Å². The Morgan fingerprint density at radius 3 is 2.53 bits per heavy atom. The van der Waals surface area contributed by atoms with E-state index >= 15 is 0 Å². The highest BCUT2D eigenvalue weighted by molar-refractivity contribution is 5.96. The highest BCUT2D eigenvalue weighted by Gasteiger charge is 2.28. The minimum absolute atomic E-state index is 0.216. The first-order valence-electron chi connectivity index (χ1n) is 11.4. The number of aryl methyl sites for hydroxylation is 1. The molecule has 0 spiro atoms. The molecule has 7 nitrogen and oxygen atoms in total. The van der Waals surface area contributed by atoms with Crippen molar-refractivity contribution >= 4 is 21.8 Å². The monoisotopic (exact) mass is 462 g/mol. The number of H-pyrrole nitrogens is 1. The molecule has 0 saturated heterocycles. The maximum Gasteiger partial charge on any atom is 0.348 e. The largest absolute Gasteiger partial charge is 0.350 e. The number of halogens is 2. The number of nitrogens with one attached hydrogen (secondary N) is 1. The second-order valence-corrected chi connectivity index (χ2v) is 9.15. The van der Waals surface area contributed by atoms with Crippen LogP contribution in [0.15, 0.2) is 53.6 Å². The number of hydrogen-bond acceptors (Lipinski definition) is 3. The standard InChI is InChI=1S/C25H24F2N6O/c1-31-12-20(18-9-15(26)3-6-21(18)31)24-29-30-25(34)33(24)23-13-32(17-5-2-14(8-17)11-28)22-7-4-16(27)10-19(22)23/h3-4,6-7,9-10,12-14,17H,2,5,8,11,28H2,1H3,(H,30,34). The van der Waals surface area contributed by atoms with Crippen LogP contribution < -0.4 is 11.4 Å². The molecular weight excluding hydrogens is 438 g/mol. The van der Waals surface area contributed by atoms with Crippen molar-refractivity contribution in [3.05, 3.63) is 70.9 Å². The number of benzene rings is 2. The van der Waals surface area contributed by atoms with Gasteiger partial charge in [0, 0.05) is 47.3 Å². The molecule has 1 fully saturated rings. The molecule has 0 radical (unpaired) electrons. The van der Waals surface area contributed by atoms with Crippen molar-refractivity contribution in [2.75, 3.05) is 6.54 Å². The lowest BCUT2D eigenvalue weighted by molar-refractivity contribution is 0.491. The lowest BCUT2D eigenvalue weighted by Gasteiger charge is -2.14. The van der Waals surface area contributed by atoms with E-state index in [1.165, 1.54) is 28.8 Å². The Kier molecular flexibility index (Phi) is 4.70. The Hall–Kier alpha value is -3.72. The number of aromatic nitrogens is 5. The molecule has 0 bridgehead atoms. The van der Waals surface area contributed by atoms with E-state index in [0.717, 1.165) is 30.3 Å². The number of fused-ring (bicyclic) bond motifs is 2. The van der Waals surface area contributed by atoms with Crippen LogP contribution in [0, 0.1) is 17.6 Å². The van der Waals surface area contributed by atoms with E-state index in [-0.39, 0.29) is 17.7 Å². The number of nitrogens with zero attached hydrogens (tertiary/aromatic N) is 4. The first kappa shape index (κ1) is 20.9. The van der Waals surface area contributed by atoms with Gasteiger partial charge in [0.05, 0.1) is 11.2 Å². The summed E-state index contributed by atoms with van der Waals surface area (Å²) in [5, 5.41) is 8.08. The Labute approximate surface area is 193 Å². The first-order valence-corrected chi connectivity index (χ1v) is 11.4. The van der Waals surface area contributed by atoms with E-state index in [1.54, 1.807) is 12.1 Å². The highest BCUT2D eigenvalue weighted by atomic mass is 19.1. The topological polar surface area (TPSA) is 86.6 Å². The Morgan fingerprint density at radius 1 is 1.06 bits per heavy atom. The zero-order chi connectivity index (χ0) is 23.6. The van der Waals surface area contributed by atoms with Gasteiger partial charge in [0.15, 0.2) is 5.82 Å². The number of nitrogens with two attached hydrogens (primary N) is 1. The minimum atomic E-state index is -0.446. The summed E-state index contributed by atoms with van der Waals surface area (Å²) >= 11 is 0. The van der Waals surface area contributed by atoms with Crippen LogP contribution in [0.3, 0.4) is 0 Å². The molecule has 1 aliphatic carbocycles. The zero-order valence-corrected chi connectivity index (χ0v) is 18.6. The van der Waals surface area contributed by atoms with Gasteiger partial charge in [-0.3, -0.25) is 0 Å². The molecule has 1 saturated carbocycles. The molecule has 6 rings (SSSR count). The molecular formula is C25H24F2N6O. The summed E-state index contributed by atoms with van der Waals surface area (Å²) in [5.74, 6) is 0.0294. The van der Waals surface area contributed by atoms with Crippen molar-refractivity contribution in [1.82, 2.24) is 23.9 Å². The number of hydrogen-bond donors (Lipinski definition) is 2. The van der Waals surface area contributed by atoms with Crippen molar-refractivity contribution in [2.45, 2.75) is 25.3 Å². The van der Waals surface area contributed by atoms with E-state index in [4.69, 9.17) is 5.73 Å². The third kappa shape index (κ3) is 3.11. The third-order valence-corrected chi connectivity index (χ3v) is 7.12. The van der Waals surface area contributed by atoms with Crippen LogP contribution in [0.4, 0.5) is 8.78 Å². The van der Waals surface area contributed by atoms with Crippen LogP contribution in [-0.2, 0) is 7.05 Å². The maximum absolute atomic E-state index is 14.4. The predicted octanol–water partition coefficient (Wildman–Crippen LogP) is 4.25. The van der Waals surface area contributed by atoms with Crippen LogP contribution in [0.25, 0.3) is 38.9 Å². The number of rotatable bonds is 4. The summed E-state index contributed by atoms with van der Waals surface area (Å²) in [4.78, 5) is 13.0. The molecule has 0 amide bonds. The van der Waals surface area contributed by atoms with Gasteiger partial charge in [-0.25, -0.2) is 23.2 Å². The van der Waals surface area contributed by atoms with Gasteiger partial charge in [-0.2, -0.15) is 5.10 Å². The highest BCUT2D eigenvalue weighted by Crippen LogP contribution is 2.39. The molecule has 3 N–H and O–H groups in total. The van der Waals surface area contributed by atoms with E-state index in [0.29, 0.717) is 40.3 Å². The maximum atomic E-state index is 14.4. The molecule has 3 aromatic heterocycles. The van der Waals surface area contributed by atoms with Crippen LogP contribution >= 0.6 is 0 Å². The quantitative estimate of drug-likeness (QED) is 0.419. The molecule has 9 heteroatoms. The summed E-state index contributed by atoms with van der Waals surface area (Å²) < 4.78 is 33.9. The minimum Gasteiger partial charge on any atom is -0.350 e. The summed E-state index contributed by atoms with van der Waals surface area (Å²) in [6.45, 7) is 0.639. The fraction of sp³-hybridized carbons (Fsp3) is 0.280. The summed E-state index contributed by atoms with van der Waals surface area (Å²) in [6, 6.07) is 9.37. The fourth-order valence-electron chi connectivity index (χ4n) is 5.45. The van der Waals surface area contributed by atoms with Crippen molar-refractivity contribution in [3.8, 4) is 17.1 Å². The van der Waals surface area contributed by atoms with Crippen molar-refractivity contribution in [2.24, 2.45) is 18.7 Å². The van der Waals surface area contributed by atoms with E-state index in [9.17, 15) is 13.6 Å². The second-order valence-electron chi connectivity index (χ2n) is 9.15. The van der Waals surface area contributed by atoms with E-state index in [1.807, 2.05) is 24.0 Å². The Bertz CT molecular complexity index is 1610. The summed E-state index contributed by atoms with van der Waals surface area (Å²) in [6.07, 6.45) is 6.67. The second kappa shape index (κ2) is 7.66. The van der Waals surface area contributed by atoms with Crippen LogP contribution in [0.1, 0.15) is 25.3 Å². The molecule has 3 heterocycles. The molecule has 2 unspecified atom stereocenters. The molecule has 1 aliphatic rings. The fourth-order valence-corrected chi connectivity index (χ4v) is 5.45. The molecule has 5 aromatic rings. The molecule has 2 aromatic carbocycles. The smallest absolute Gasteiger partial charge is 0.348 e. The van der Waals surface area contributed by atoms with Gasteiger partial charge < -0.3 is 14.9 Å². The van der Waals surface area contributed by atoms with Crippen molar-refractivity contribution < 1.29 is 8.78 Å². The average Bonchev–Trinajstić information content (AvgIpc) is 3.58. The lowest BCUT2D eigenvalue weighted by Crippen LogP contribution is -2.15. The van der Waals surface area contributed by atoms with Crippen LogP contribution in [-0.4, -0.2) is 30.4 Å². The molecule has 0 aliphatic heterocycles. The summed E-state index contributed by atoms with van der Waals surface area (Å²) in [5.41, 5.74) is 8.26. The number of aromatic amines is 1. The van der Waals surface area contributed by atoms with Crippen molar-refractivity contribution in [3.63, 3.8) is 0 Å². The molecule has 34 heavy (non-hydrogen) atoms. The van der Waals surface area contributed by atoms with Gasteiger partial charge in [0.2, 0.25) is 0 Å². The van der Waals surface area contributed by atoms with Gasteiger partial charge in [0.1, 0.15) is 11.6 Å². The zero-order valence-electron chi connectivity index (χ0n) is 18.6. The molecule has 2 atom stereocenters. The van der Waals surface area contributed by atoms with E-state index < -0.39 is 5.69 Å². The summed E-state index contributed by atoms with van der Waals surface area (Å²) in [7, 11) is 1.86. The SMILES string of the molecule is Cn1cc(-c2n[nH]c(=O)n2-c2cn(C3CCC(CN)C3)c3ccc(F)cc23)c2cc(F)ccc21. The van der Waals surface area contributed by atoms with Gasteiger partial charge in [-0.05, 0) is 68.1 Å². The molecule has 174 valence electrons. The first-order chi connectivity index (χ1) is 16.4. The van der Waals surface area contributed by atoms with Crippen LogP contribution in [0.5, 0.6) is 0 Å². The van der Waals surface area contributed by atoms with Crippen LogP contribution in [0.2, 0.25) is 0 Å². The van der Waals surface area contributed by atoms with Gasteiger partial charge >= 0.3 is 5.69 Å². The van der Waals surface area contributed by atoms with Gasteiger partial charge in [-0.1, -0.05) is 0 Å². The normalized spacial score (nSPS) is 18.5. The lowest BCUT2D eigenvalue weighted by atomic mass is 10.1. The third-order valence-electron chi connectivity index (χ3n) is 7.12. The van der Waals surface area contributed by atoms with Gasteiger partial charge in [0.25, 0.3) is 0 Å². The van der Waals surface area contributed by atoms with E-state index in [2.05, 4.69) is 14.8 Å². The Morgan fingerprint density at radius 2 is 1.79 bits per heavy atom. The van der Waals surface area contributed by atoms with Crippen molar-refractivity contribution in [1.29, 1.82) is 0 Å². The Balaban J connectivity index is 1.59. The average molecular weight is 463 g/mol. The predicted molar refractivity (Wildman–Crippen MR) is 127 cm³/mol.